The lowest BCUT2D eigenvalue weighted by molar-refractivity contribution is 0.123. The highest BCUT2D eigenvalue weighted by molar-refractivity contribution is 5.32. The van der Waals surface area contributed by atoms with Crippen LogP contribution in [0.1, 0.15) is 29.5 Å². The van der Waals surface area contributed by atoms with E-state index in [1.165, 1.54) is 37.1 Å². The summed E-state index contributed by atoms with van der Waals surface area (Å²) in [7, 11) is 1.71. The van der Waals surface area contributed by atoms with Crippen LogP contribution in [0.3, 0.4) is 0 Å². The number of hydrogen-bond acceptors (Lipinski definition) is 4. The van der Waals surface area contributed by atoms with Crippen LogP contribution in [-0.4, -0.2) is 42.6 Å². The fraction of sp³-hybridized carbons (Fsp3) is 0.435. The van der Waals surface area contributed by atoms with E-state index in [4.69, 9.17) is 10.00 Å². The molecule has 0 unspecified atom stereocenters. The Balaban J connectivity index is 1.42. The maximum Gasteiger partial charge on any atom is 0.118 e. The molecule has 3 saturated heterocycles. The normalized spacial score (nSPS) is 23.0. The van der Waals surface area contributed by atoms with Gasteiger partial charge in [-0.05, 0) is 54.2 Å². The van der Waals surface area contributed by atoms with Crippen molar-refractivity contribution in [1.82, 2.24) is 9.80 Å². The molecular formula is C23H27N3O. The molecule has 0 N–H and O–H groups in total. The van der Waals surface area contributed by atoms with E-state index in [0.717, 1.165) is 36.9 Å². The lowest BCUT2D eigenvalue weighted by atomic mass is 9.94. The summed E-state index contributed by atoms with van der Waals surface area (Å²) in [5.74, 6) is 1.65. The van der Waals surface area contributed by atoms with Crippen LogP contribution >= 0.6 is 0 Å². The topological polar surface area (TPSA) is 39.5 Å². The second-order valence-corrected chi connectivity index (χ2v) is 7.88. The van der Waals surface area contributed by atoms with Crippen LogP contribution in [0, 0.1) is 17.2 Å². The number of hydrogen-bond donors (Lipinski definition) is 0. The van der Waals surface area contributed by atoms with Crippen molar-refractivity contribution in [3.63, 3.8) is 0 Å². The second-order valence-electron chi connectivity index (χ2n) is 7.88. The first-order valence-corrected chi connectivity index (χ1v) is 9.82. The number of nitrogens with zero attached hydrogens (tertiary/aromatic N) is 3. The Labute approximate surface area is 162 Å². The fourth-order valence-corrected chi connectivity index (χ4v) is 4.56. The van der Waals surface area contributed by atoms with E-state index in [1.807, 2.05) is 18.2 Å². The molecule has 3 aliphatic heterocycles. The van der Waals surface area contributed by atoms with Gasteiger partial charge in [0.2, 0.25) is 0 Å². The molecule has 4 nitrogen and oxygen atoms in total. The Kier molecular flexibility index (Phi) is 5.42. The van der Waals surface area contributed by atoms with Gasteiger partial charge in [-0.2, -0.15) is 5.26 Å². The van der Waals surface area contributed by atoms with E-state index >= 15 is 0 Å². The van der Waals surface area contributed by atoms with Crippen LogP contribution in [0.5, 0.6) is 5.75 Å². The van der Waals surface area contributed by atoms with Gasteiger partial charge in [0.05, 0.1) is 18.7 Å². The second kappa shape index (κ2) is 8.12. The zero-order valence-electron chi connectivity index (χ0n) is 16.0. The quantitative estimate of drug-likeness (QED) is 0.815. The molecule has 0 aliphatic carbocycles. The summed E-state index contributed by atoms with van der Waals surface area (Å²) in [5.41, 5.74) is 3.36. The van der Waals surface area contributed by atoms with E-state index in [9.17, 15) is 0 Å². The summed E-state index contributed by atoms with van der Waals surface area (Å²) in [6, 6.07) is 19.4. The van der Waals surface area contributed by atoms with Crippen molar-refractivity contribution in [1.29, 1.82) is 5.26 Å². The molecule has 140 valence electrons. The first-order valence-electron chi connectivity index (χ1n) is 9.82. The molecule has 3 fully saturated rings. The predicted molar refractivity (Wildman–Crippen MR) is 106 cm³/mol. The van der Waals surface area contributed by atoms with Gasteiger partial charge in [0.15, 0.2) is 0 Å². The maximum atomic E-state index is 9.15. The summed E-state index contributed by atoms with van der Waals surface area (Å²) in [4.78, 5) is 5.26. The van der Waals surface area contributed by atoms with Crippen molar-refractivity contribution in [3.05, 3.63) is 65.2 Å². The van der Waals surface area contributed by atoms with Gasteiger partial charge in [-0.25, -0.2) is 0 Å². The first kappa shape index (κ1) is 18.0. The summed E-state index contributed by atoms with van der Waals surface area (Å²) < 4.78 is 5.27. The van der Waals surface area contributed by atoms with Gasteiger partial charge in [0.1, 0.15) is 5.75 Å². The largest absolute Gasteiger partial charge is 0.497 e. The van der Waals surface area contributed by atoms with Crippen LogP contribution in [0.2, 0.25) is 0 Å². The smallest absolute Gasteiger partial charge is 0.118 e. The molecule has 0 saturated carbocycles. The molecule has 0 amide bonds. The van der Waals surface area contributed by atoms with E-state index in [2.05, 4.69) is 46.2 Å². The van der Waals surface area contributed by atoms with Crippen LogP contribution in [0.25, 0.3) is 0 Å². The molecular weight excluding hydrogens is 334 g/mol. The predicted octanol–water partition coefficient (Wildman–Crippen LogP) is 3.66. The number of ether oxygens (including phenoxy) is 1. The molecule has 27 heavy (non-hydrogen) atoms. The van der Waals surface area contributed by atoms with E-state index in [0.29, 0.717) is 6.04 Å². The Morgan fingerprint density at radius 2 is 1.85 bits per heavy atom. The van der Waals surface area contributed by atoms with Crippen molar-refractivity contribution < 1.29 is 4.74 Å². The van der Waals surface area contributed by atoms with E-state index in [1.54, 1.807) is 7.11 Å². The molecule has 2 aromatic carbocycles. The van der Waals surface area contributed by atoms with Gasteiger partial charge < -0.3 is 4.74 Å². The summed E-state index contributed by atoms with van der Waals surface area (Å²) >= 11 is 0. The van der Waals surface area contributed by atoms with Gasteiger partial charge in [-0.15, -0.1) is 0 Å². The third kappa shape index (κ3) is 4.32. The Morgan fingerprint density at radius 1 is 1.00 bits per heavy atom. The molecule has 2 bridgehead atoms. The van der Waals surface area contributed by atoms with Crippen LogP contribution in [0.4, 0.5) is 0 Å². The molecule has 3 heterocycles. The molecule has 0 spiro atoms. The fourth-order valence-electron chi connectivity index (χ4n) is 4.56. The zero-order chi connectivity index (χ0) is 18.6. The van der Waals surface area contributed by atoms with Gasteiger partial charge in [0.25, 0.3) is 0 Å². The van der Waals surface area contributed by atoms with Gasteiger partial charge >= 0.3 is 0 Å². The Bertz CT molecular complexity index is 811. The molecule has 5 rings (SSSR count). The number of nitriles is 1. The number of benzene rings is 2. The first-order chi connectivity index (χ1) is 13.2. The van der Waals surface area contributed by atoms with E-state index < -0.39 is 0 Å². The van der Waals surface area contributed by atoms with Gasteiger partial charge in [-0.3, -0.25) is 9.80 Å². The summed E-state index contributed by atoms with van der Waals surface area (Å²) in [6.45, 7) is 5.43. The van der Waals surface area contributed by atoms with Crippen molar-refractivity contribution >= 4 is 0 Å². The number of fused-ring (bicyclic) bond motifs is 4. The minimum Gasteiger partial charge on any atom is -0.497 e. The van der Waals surface area contributed by atoms with Crippen molar-refractivity contribution in [2.75, 3.05) is 26.7 Å². The van der Waals surface area contributed by atoms with E-state index in [-0.39, 0.29) is 0 Å². The Hall–Kier alpha value is -2.35. The standard InChI is InChI=1S/C23H27N3O/c1-27-23-9-6-18(7-10-23)13-25-14-21-5-8-22(17-25)26(16-21)15-20-4-2-3-19(11-20)12-24/h2-4,6-7,9-11,21-22H,5,8,13-17H2,1H3/t21-,22+/m0/s1. The highest BCUT2D eigenvalue weighted by Gasteiger charge is 2.34. The SMILES string of the molecule is COc1ccc(CN2C[C@@H]3CC[C@H](C2)N(Cc2cccc(C#N)c2)C3)cc1. The molecule has 0 radical (unpaired) electrons. The minimum absolute atomic E-state index is 0.604. The van der Waals surface area contributed by atoms with Crippen molar-refractivity contribution in [2.45, 2.75) is 32.0 Å². The van der Waals surface area contributed by atoms with Crippen LogP contribution in [0.15, 0.2) is 48.5 Å². The van der Waals surface area contributed by atoms with Crippen molar-refractivity contribution in [3.8, 4) is 11.8 Å². The van der Waals surface area contributed by atoms with Gasteiger partial charge in [0, 0.05) is 38.8 Å². The molecule has 0 aromatic heterocycles. The summed E-state index contributed by atoms with van der Waals surface area (Å²) in [6.07, 6.45) is 2.61. The molecule has 2 atom stereocenters. The number of methoxy groups -OCH3 is 1. The highest BCUT2D eigenvalue weighted by atomic mass is 16.5. The van der Waals surface area contributed by atoms with Crippen LogP contribution in [-0.2, 0) is 13.1 Å². The van der Waals surface area contributed by atoms with Crippen molar-refractivity contribution in [2.24, 2.45) is 5.92 Å². The van der Waals surface area contributed by atoms with Crippen LogP contribution < -0.4 is 4.74 Å². The summed E-state index contributed by atoms with van der Waals surface area (Å²) in [5, 5.41) is 9.15. The maximum absolute atomic E-state index is 9.15. The molecule has 2 aromatic rings. The average Bonchev–Trinajstić information content (AvgIpc) is 2.99. The zero-order valence-corrected chi connectivity index (χ0v) is 16.0. The number of piperidine rings is 1. The minimum atomic E-state index is 0.604. The molecule has 3 aliphatic rings. The highest BCUT2D eigenvalue weighted by Crippen LogP contribution is 2.30. The Morgan fingerprint density at radius 3 is 2.63 bits per heavy atom. The lowest BCUT2D eigenvalue weighted by Gasteiger charge is -2.36. The third-order valence-corrected chi connectivity index (χ3v) is 5.91. The number of rotatable bonds is 5. The monoisotopic (exact) mass is 361 g/mol. The molecule has 4 heteroatoms. The lowest BCUT2D eigenvalue weighted by Crippen LogP contribution is -2.43. The third-order valence-electron chi connectivity index (χ3n) is 5.91. The average molecular weight is 361 g/mol. The van der Waals surface area contributed by atoms with Gasteiger partial charge in [-0.1, -0.05) is 24.3 Å².